The number of nitrogens with one attached hydrogen (secondary N) is 1. The zero-order valence-corrected chi connectivity index (χ0v) is 39.6. The summed E-state index contributed by atoms with van der Waals surface area (Å²) in [7, 11) is 0. The molecule has 0 aromatic rings. The van der Waals surface area contributed by atoms with Crippen molar-refractivity contribution in [3.05, 3.63) is 24.3 Å². The first-order valence-corrected chi connectivity index (χ1v) is 26.5. The van der Waals surface area contributed by atoms with E-state index in [9.17, 15) is 15.0 Å². The van der Waals surface area contributed by atoms with Gasteiger partial charge in [-0.05, 0) is 44.9 Å². The van der Waals surface area contributed by atoms with Gasteiger partial charge in [-0.25, -0.2) is 0 Å². The summed E-state index contributed by atoms with van der Waals surface area (Å²) in [5.74, 6) is -0.0333. The predicted octanol–water partition coefficient (Wildman–Crippen LogP) is 17.1. The van der Waals surface area contributed by atoms with Gasteiger partial charge in [0, 0.05) is 6.42 Å². The molecule has 4 nitrogen and oxygen atoms in total. The minimum Gasteiger partial charge on any atom is -0.394 e. The van der Waals surface area contributed by atoms with Gasteiger partial charge >= 0.3 is 0 Å². The summed E-state index contributed by atoms with van der Waals surface area (Å²) in [5, 5.41) is 22.8. The van der Waals surface area contributed by atoms with Crippen molar-refractivity contribution in [1.82, 2.24) is 5.32 Å². The van der Waals surface area contributed by atoms with Crippen LogP contribution < -0.4 is 5.32 Å². The Balaban J connectivity index is 3.26. The third-order valence-electron chi connectivity index (χ3n) is 12.5. The fourth-order valence-electron chi connectivity index (χ4n) is 8.39. The molecule has 0 aliphatic heterocycles. The molecule has 344 valence electrons. The number of carbonyl (C=O) groups is 1. The van der Waals surface area contributed by atoms with E-state index in [1.807, 2.05) is 0 Å². The summed E-state index contributed by atoms with van der Waals surface area (Å²) in [6, 6.07) is -0.528. The number of aliphatic hydroxyl groups is 2. The van der Waals surface area contributed by atoms with E-state index < -0.39 is 12.1 Å². The van der Waals surface area contributed by atoms with Crippen molar-refractivity contribution in [1.29, 1.82) is 0 Å². The minimum atomic E-state index is -0.651. The van der Waals surface area contributed by atoms with E-state index in [2.05, 4.69) is 43.5 Å². The van der Waals surface area contributed by atoms with Gasteiger partial charge in [0.2, 0.25) is 5.91 Å². The van der Waals surface area contributed by atoms with Crippen molar-refractivity contribution in [2.75, 3.05) is 6.61 Å². The monoisotopic (exact) mass is 816 g/mol. The number of rotatable bonds is 49. The molecule has 3 N–H and O–H groups in total. The summed E-state index contributed by atoms with van der Waals surface area (Å²) in [6.07, 6.45) is 66.5. The SMILES string of the molecule is CCCCCCC/C=C\C/C=C\CCCCCCCCCCCCCCCCCCCCCCCCCCCCCCCC(=O)NC(CO)C(O)CCCCCCC. The van der Waals surface area contributed by atoms with Crippen molar-refractivity contribution in [2.24, 2.45) is 0 Å². The quantitative estimate of drug-likeness (QED) is 0.0423. The van der Waals surface area contributed by atoms with Crippen molar-refractivity contribution < 1.29 is 15.0 Å². The normalized spacial score (nSPS) is 13.0. The topological polar surface area (TPSA) is 69.6 Å². The second-order valence-electron chi connectivity index (χ2n) is 18.3. The van der Waals surface area contributed by atoms with Gasteiger partial charge < -0.3 is 15.5 Å². The molecule has 0 rings (SSSR count). The molecule has 0 heterocycles. The molecule has 0 bridgehead atoms. The first kappa shape index (κ1) is 56.9. The van der Waals surface area contributed by atoms with Gasteiger partial charge in [-0.2, -0.15) is 0 Å². The first-order valence-electron chi connectivity index (χ1n) is 26.5. The lowest BCUT2D eigenvalue weighted by molar-refractivity contribution is -0.123. The third-order valence-corrected chi connectivity index (χ3v) is 12.5. The van der Waals surface area contributed by atoms with Crippen LogP contribution in [-0.2, 0) is 4.79 Å². The summed E-state index contributed by atoms with van der Waals surface area (Å²) >= 11 is 0. The minimum absolute atomic E-state index is 0.0333. The van der Waals surface area contributed by atoms with E-state index >= 15 is 0 Å². The number of hydrogen-bond donors (Lipinski definition) is 3. The smallest absolute Gasteiger partial charge is 0.220 e. The molecule has 0 fully saturated rings. The fourth-order valence-corrected chi connectivity index (χ4v) is 8.39. The fraction of sp³-hybridized carbons (Fsp3) is 0.907. The Morgan fingerprint density at radius 2 is 0.707 bits per heavy atom. The van der Waals surface area contributed by atoms with Crippen LogP contribution in [0, 0.1) is 0 Å². The van der Waals surface area contributed by atoms with E-state index in [0.717, 1.165) is 32.1 Å². The second kappa shape index (κ2) is 50.2. The Labute approximate surface area is 364 Å². The third kappa shape index (κ3) is 45.9. The molecule has 0 radical (unpaired) electrons. The largest absolute Gasteiger partial charge is 0.394 e. The van der Waals surface area contributed by atoms with Gasteiger partial charge in [0.25, 0.3) is 0 Å². The van der Waals surface area contributed by atoms with Gasteiger partial charge in [0.05, 0.1) is 18.8 Å². The Hall–Kier alpha value is -1.13. The molecule has 0 aliphatic rings. The Kier molecular flexibility index (Phi) is 49.2. The summed E-state index contributed by atoms with van der Waals surface area (Å²) in [5.41, 5.74) is 0. The number of unbranched alkanes of at least 4 members (excludes halogenated alkanes) is 38. The number of hydrogen-bond acceptors (Lipinski definition) is 3. The van der Waals surface area contributed by atoms with E-state index in [0.29, 0.717) is 12.8 Å². The van der Waals surface area contributed by atoms with Gasteiger partial charge in [-0.1, -0.05) is 269 Å². The number of aliphatic hydroxyl groups excluding tert-OH is 2. The maximum Gasteiger partial charge on any atom is 0.220 e. The van der Waals surface area contributed by atoms with E-state index in [1.165, 1.54) is 238 Å². The highest BCUT2D eigenvalue weighted by Crippen LogP contribution is 2.17. The van der Waals surface area contributed by atoms with Crippen LogP contribution in [0.25, 0.3) is 0 Å². The Morgan fingerprint density at radius 3 is 1.03 bits per heavy atom. The molecular weight excluding hydrogens is 711 g/mol. The molecule has 1 amide bonds. The summed E-state index contributed by atoms with van der Waals surface area (Å²) in [4.78, 5) is 12.3. The molecule has 4 heteroatoms. The maximum atomic E-state index is 12.3. The van der Waals surface area contributed by atoms with Crippen molar-refractivity contribution in [3.63, 3.8) is 0 Å². The number of allylic oxidation sites excluding steroid dienone is 4. The Bertz CT molecular complexity index is 840. The van der Waals surface area contributed by atoms with E-state index in [-0.39, 0.29) is 12.5 Å². The lowest BCUT2D eigenvalue weighted by atomic mass is 10.0. The number of carbonyl (C=O) groups excluding carboxylic acids is 1. The molecule has 0 saturated carbocycles. The molecule has 0 aliphatic carbocycles. The van der Waals surface area contributed by atoms with Crippen LogP contribution in [-0.4, -0.2) is 34.9 Å². The van der Waals surface area contributed by atoms with Crippen molar-refractivity contribution in [3.8, 4) is 0 Å². The van der Waals surface area contributed by atoms with Crippen molar-refractivity contribution in [2.45, 2.75) is 309 Å². The average Bonchev–Trinajstić information content (AvgIpc) is 3.23. The highest BCUT2D eigenvalue weighted by Gasteiger charge is 2.20. The van der Waals surface area contributed by atoms with Crippen LogP contribution in [0.5, 0.6) is 0 Å². The van der Waals surface area contributed by atoms with E-state index in [4.69, 9.17) is 0 Å². The zero-order chi connectivity index (χ0) is 42.1. The average molecular weight is 816 g/mol. The van der Waals surface area contributed by atoms with Crippen LogP contribution in [0.4, 0.5) is 0 Å². The van der Waals surface area contributed by atoms with Crippen LogP contribution in [0.2, 0.25) is 0 Å². The van der Waals surface area contributed by atoms with Crippen LogP contribution >= 0.6 is 0 Å². The lowest BCUT2D eigenvalue weighted by Crippen LogP contribution is -2.45. The molecular formula is C54H105NO3. The van der Waals surface area contributed by atoms with Crippen molar-refractivity contribution >= 4 is 5.91 Å². The summed E-state index contributed by atoms with van der Waals surface area (Å²) < 4.78 is 0. The second-order valence-corrected chi connectivity index (χ2v) is 18.3. The van der Waals surface area contributed by atoms with E-state index in [1.54, 1.807) is 0 Å². The molecule has 0 aromatic heterocycles. The van der Waals surface area contributed by atoms with Gasteiger partial charge in [0.15, 0.2) is 0 Å². The molecule has 2 atom stereocenters. The van der Waals surface area contributed by atoms with Crippen LogP contribution in [0.3, 0.4) is 0 Å². The molecule has 0 saturated heterocycles. The Morgan fingerprint density at radius 1 is 0.414 bits per heavy atom. The van der Waals surface area contributed by atoms with Crippen LogP contribution in [0.15, 0.2) is 24.3 Å². The first-order chi connectivity index (χ1) is 28.7. The van der Waals surface area contributed by atoms with Gasteiger partial charge in [-0.3, -0.25) is 4.79 Å². The molecule has 0 spiro atoms. The zero-order valence-electron chi connectivity index (χ0n) is 39.6. The highest BCUT2D eigenvalue weighted by atomic mass is 16.3. The maximum absolute atomic E-state index is 12.3. The van der Waals surface area contributed by atoms with Gasteiger partial charge in [0.1, 0.15) is 0 Å². The molecule has 58 heavy (non-hydrogen) atoms. The molecule has 0 aromatic carbocycles. The van der Waals surface area contributed by atoms with Gasteiger partial charge in [-0.15, -0.1) is 0 Å². The van der Waals surface area contributed by atoms with Crippen LogP contribution in [0.1, 0.15) is 296 Å². The molecule has 2 unspecified atom stereocenters. The predicted molar refractivity (Wildman–Crippen MR) is 258 cm³/mol. The standard InChI is InChI=1S/C54H105NO3/c1-3-5-7-9-10-11-12-13-14-15-16-17-18-19-20-21-22-23-24-25-26-27-28-29-30-31-32-33-34-35-36-37-38-39-40-41-42-43-44-46-48-50-54(58)55-52(51-56)53(57)49-47-45-8-6-4-2/h12-13,15-16,52-53,56-57H,3-11,14,17-51H2,1-2H3,(H,55,58)/b13-12-,16-15-. The summed E-state index contributed by atoms with van der Waals surface area (Å²) in [6.45, 7) is 4.28. The lowest BCUT2D eigenvalue weighted by Gasteiger charge is -2.22. The highest BCUT2D eigenvalue weighted by molar-refractivity contribution is 5.76. The number of amides is 1.